The summed E-state index contributed by atoms with van der Waals surface area (Å²) in [5.41, 5.74) is 8.78. The van der Waals surface area contributed by atoms with E-state index in [9.17, 15) is 9.18 Å². The molecule has 0 radical (unpaired) electrons. The average Bonchev–Trinajstić information content (AvgIpc) is 3.02. The van der Waals surface area contributed by atoms with Gasteiger partial charge in [-0.25, -0.2) is 4.39 Å². The van der Waals surface area contributed by atoms with Gasteiger partial charge in [-0.2, -0.15) is 5.10 Å². The molecule has 0 spiro atoms. The van der Waals surface area contributed by atoms with Crippen LogP contribution in [0.3, 0.4) is 0 Å². The van der Waals surface area contributed by atoms with E-state index in [1.807, 2.05) is 12.1 Å². The van der Waals surface area contributed by atoms with E-state index in [0.717, 1.165) is 12.0 Å². The second-order valence-corrected chi connectivity index (χ2v) is 5.72. The Hall–Kier alpha value is -2.99. The number of carbonyl (C=O) groups excluding carboxylic acids is 1. The van der Waals surface area contributed by atoms with E-state index in [1.54, 1.807) is 24.3 Å². The van der Waals surface area contributed by atoms with Gasteiger partial charge in [-0.3, -0.25) is 9.89 Å². The first-order chi connectivity index (χ1) is 12.1. The third-order valence-electron chi connectivity index (χ3n) is 3.99. The summed E-state index contributed by atoms with van der Waals surface area (Å²) in [6.45, 7) is 0.132. The molecule has 0 aliphatic carbocycles. The van der Waals surface area contributed by atoms with Crippen LogP contribution < -0.4 is 5.73 Å². The van der Waals surface area contributed by atoms with Crippen molar-refractivity contribution in [2.45, 2.75) is 12.8 Å². The zero-order valence-corrected chi connectivity index (χ0v) is 13.5. The number of benzene rings is 2. The van der Waals surface area contributed by atoms with Crippen molar-refractivity contribution in [1.82, 2.24) is 10.2 Å². The van der Waals surface area contributed by atoms with E-state index in [2.05, 4.69) is 10.2 Å². The maximum Gasteiger partial charge on any atom is 0.198 e. The van der Waals surface area contributed by atoms with E-state index in [-0.39, 0.29) is 29.6 Å². The van der Waals surface area contributed by atoms with Crippen molar-refractivity contribution < 1.29 is 14.3 Å². The van der Waals surface area contributed by atoms with E-state index >= 15 is 0 Å². The number of H-pyrrole nitrogens is 1. The van der Waals surface area contributed by atoms with Crippen LogP contribution in [0.2, 0.25) is 0 Å². The van der Waals surface area contributed by atoms with Crippen molar-refractivity contribution in [2.75, 3.05) is 12.3 Å². The third kappa shape index (κ3) is 3.59. The van der Waals surface area contributed by atoms with Crippen molar-refractivity contribution in [1.29, 1.82) is 0 Å². The normalized spacial score (nSPS) is 10.8. The van der Waals surface area contributed by atoms with E-state index in [4.69, 9.17) is 10.8 Å². The van der Waals surface area contributed by atoms with Crippen molar-refractivity contribution in [3.63, 3.8) is 0 Å². The highest BCUT2D eigenvalue weighted by molar-refractivity contribution is 6.15. The van der Waals surface area contributed by atoms with Crippen molar-refractivity contribution in [2.24, 2.45) is 0 Å². The molecule has 3 rings (SSSR count). The standard InChI is InChI=1S/C19H18FN3O2/c20-15-9-7-13(8-10-15)17-16(19(21)23-22-17)18(25)14-5-3-12(4-6-14)2-1-11-24/h3-10,24H,1-2,11H2,(H3,21,22,23). The lowest BCUT2D eigenvalue weighted by Crippen LogP contribution is -2.05. The number of carbonyl (C=O) groups is 1. The van der Waals surface area contributed by atoms with E-state index in [0.29, 0.717) is 23.2 Å². The number of halogens is 1. The van der Waals surface area contributed by atoms with Gasteiger partial charge in [-0.1, -0.05) is 24.3 Å². The minimum atomic E-state index is -0.359. The van der Waals surface area contributed by atoms with Crippen molar-refractivity contribution in [3.8, 4) is 11.3 Å². The van der Waals surface area contributed by atoms with E-state index in [1.165, 1.54) is 12.1 Å². The Morgan fingerprint density at radius 2 is 1.80 bits per heavy atom. The fraction of sp³-hybridized carbons (Fsp3) is 0.158. The Balaban J connectivity index is 1.92. The van der Waals surface area contributed by atoms with Crippen molar-refractivity contribution in [3.05, 3.63) is 71.0 Å². The highest BCUT2D eigenvalue weighted by Gasteiger charge is 2.21. The first kappa shape index (κ1) is 16.9. The molecule has 128 valence electrons. The van der Waals surface area contributed by atoms with Gasteiger partial charge < -0.3 is 10.8 Å². The number of aliphatic hydroxyl groups is 1. The Morgan fingerprint density at radius 1 is 1.12 bits per heavy atom. The van der Waals surface area contributed by atoms with Crippen LogP contribution in [0.25, 0.3) is 11.3 Å². The van der Waals surface area contributed by atoms with Crippen LogP contribution in [0.1, 0.15) is 27.9 Å². The summed E-state index contributed by atoms with van der Waals surface area (Å²) in [6, 6.07) is 12.9. The summed E-state index contributed by atoms with van der Waals surface area (Å²) in [6.07, 6.45) is 1.43. The molecule has 0 aliphatic rings. The van der Waals surface area contributed by atoms with Crippen LogP contribution in [0.5, 0.6) is 0 Å². The lowest BCUT2D eigenvalue weighted by Gasteiger charge is -2.06. The molecular weight excluding hydrogens is 321 g/mol. The second-order valence-electron chi connectivity index (χ2n) is 5.72. The summed E-state index contributed by atoms with van der Waals surface area (Å²) in [4.78, 5) is 12.9. The summed E-state index contributed by atoms with van der Waals surface area (Å²) >= 11 is 0. The molecule has 0 saturated carbocycles. The molecule has 2 aromatic carbocycles. The topological polar surface area (TPSA) is 92.0 Å². The maximum atomic E-state index is 13.1. The molecule has 4 N–H and O–H groups in total. The van der Waals surface area contributed by atoms with Gasteiger partial charge in [0.15, 0.2) is 11.6 Å². The number of nitrogens with one attached hydrogen (secondary N) is 1. The lowest BCUT2D eigenvalue weighted by atomic mass is 9.98. The number of anilines is 1. The summed E-state index contributed by atoms with van der Waals surface area (Å²) in [7, 11) is 0. The Morgan fingerprint density at radius 3 is 2.44 bits per heavy atom. The lowest BCUT2D eigenvalue weighted by molar-refractivity contribution is 0.104. The fourth-order valence-corrected chi connectivity index (χ4v) is 2.66. The van der Waals surface area contributed by atoms with Gasteiger partial charge in [0.25, 0.3) is 0 Å². The van der Waals surface area contributed by atoms with Gasteiger partial charge >= 0.3 is 0 Å². The molecule has 5 nitrogen and oxygen atoms in total. The van der Waals surface area contributed by atoms with Gasteiger partial charge in [0.2, 0.25) is 0 Å². The first-order valence-electron chi connectivity index (χ1n) is 7.94. The van der Waals surface area contributed by atoms with Crippen LogP contribution in [0, 0.1) is 5.82 Å². The monoisotopic (exact) mass is 339 g/mol. The predicted molar refractivity (Wildman–Crippen MR) is 93.7 cm³/mol. The molecule has 3 aromatic rings. The highest BCUT2D eigenvalue weighted by atomic mass is 19.1. The molecule has 0 atom stereocenters. The second kappa shape index (κ2) is 7.27. The van der Waals surface area contributed by atoms with Crippen LogP contribution >= 0.6 is 0 Å². The highest BCUT2D eigenvalue weighted by Crippen LogP contribution is 2.28. The number of nitrogen functional groups attached to an aromatic ring is 1. The third-order valence-corrected chi connectivity index (χ3v) is 3.99. The number of hydrogen-bond donors (Lipinski definition) is 3. The van der Waals surface area contributed by atoms with Crippen LogP contribution in [0.4, 0.5) is 10.2 Å². The Labute approximate surface area is 144 Å². The van der Waals surface area contributed by atoms with Gasteiger partial charge in [0, 0.05) is 17.7 Å². The van der Waals surface area contributed by atoms with Crippen LogP contribution in [-0.2, 0) is 6.42 Å². The SMILES string of the molecule is Nc1n[nH]c(-c2ccc(F)cc2)c1C(=O)c1ccc(CCCO)cc1. The first-order valence-corrected chi connectivity index (χ1v) is 7.94. The number of aryl methyl sites for hydroxylation is 1. The molecule has 0 bridgehead atoms. The van der Waals surface area contributed by atoms with Gasteiger partial charge in [0.1, 0.15) is 5.82 Å². The van der Waals surface area contributed by atoms with Crippen molar-refractivity contribution >= 4 is 11.6 Å². The van der Waals surface area contributed by atoms with E-state index < -0.39 is 0 Å². The van der Waals surface area contributed by atoms with Gasteiger partial charge in [-0.15, -0.1) is 0 Å². The summed E-state index contributed by atoms with van der Waals surface area (Å²) < 4.78 is 13.1. The zero-order chi connectivity index (χ0) is 17.8. The molecule has 0 fully saturated rings. The number of ketones is 1. The largest absolute Gasteiger partial charge is 0.396 e. The molecule has 0 aliphatic heterocycles. The Bertz CT molecular complexity index is 871. The zero-order valence-electron chi connectivity index (χ0n) is 13.5. The molecule has 1 heterocycles. The molecule has 0 amide bonds. The molecule has 25 heavy (non-hydrogen) atoms. The molecule has 0 saturated heterocycles. The molecule has 0 unspecified atom stereocenters. The number of nitrogens with two attached hydrogens (primary N) is 1. The smallest absolute Gasteiger partial charge is 0.198 e. The molecule has 6 heteroatoms. The number of aromatic nitrogens is 2. The average molecular weight is 339 g/mol. The number of aliphatic hydroxyl groups excluding tert-OH is 1. The maximum absolute atomic E-state index is 13.1. The number of rotatable bonds is 6. The summed E-state index contributed by atoms with van der Waals surface area (Å²) in [5, 5.41) is 15.6. The quantitative estimate of drug-likeness (QED) is 0.602. The number of hydrogen-bond acceptors (Lipinski definition) is 4. The fourth-order valence-electron chi connectivity index (χ4n) is 2.66. The van der Waals surface area contributed by atoms with Gasteiger partial charge in [0.05, 0.1) is 11.3 Å². The minimum Gasteiger partial charge on any atom is -0.396 e. The Kier molecular flexibility index (Phi) is 4.90. The molecular formula is C19H18FN3O2. The predicted octanol–water partition coefficient (Wildman–Crippen LogP) is 2.95. The van der Waals surface area contributed by atoms with Gasteiger partial charge in [-0.05, 0) is 42.7 Å². The van der Waals surface area contributed by atoms with Crippen LogP contribution in [-0.4, -0.2) is 27.7 Å². The number of aromatic amines is 1. The molecule has 1 aromatic heterocycles. The van der Waals surface area contributed by atoms with Crippen LogP contribution in [0.15, 0.2) is 48.5 Å². The summed E-state index contributed by atoms with van der Waals surface area (Å²) in [5.74, 6) is -0.504. The number of nitrogens with zero attached hydrogens (tertiary/aromatic N) is 1. The minimum absolute atomic E-state index is 0.105.